The Kier molecular flexibility index (Phi) is 12.8. The summed E-state index contributed by atoms with van der Waals surface area (Å²) in [5.74, 6) is -0.932. The normalized spacial score (nSPS) is 27.4. The second-order valence-electron chi connectivity index (χ2n) is 20.3. The Morgan fingerprint density at radius 1 is 1.06 bits per heavy atom. The molecule has 3 aromatic rings. The van der Waals surface area contributed by atoms with Crippen molar-refractivity contribution in [3.63, 3.8) is 0 Å². The molecule has 8 rings (SSSR count). The number of anilines is 1. The van der Waals surface area contributed by atoms with Crippen LogP contribution in [-0.4, -0.2) is 130 Å². The topological polar surface area (TPSA) is 207 Å². The first-order valence-corrected chi connectivity index (χ1v) is 23.1. The number of benzene rings is 1. The number of amides is 3. The van der Waals surface area contributed by atoms with E-state index < -0.39 is 58.9 Å². The highest BCUT2D eigenvalue weighted by molar-refractivity contribution is 6.36. The monoisotopic (exact) mass is 919 g/mol. The molecule has 352 valence electrons. The van der Waals surface area contributed by atoms with Crippen molar-refractivity contribution in [2.24, 2.45) is 23.2 Å². The zero-order valence-electron chi connectivity index (χ0n) is 38.3. The molecule has 0 spiro atoms. The van der Waals surface area contributed by atoms with E-state index in [1.165, 1.54) is 17.2 Å². The van der Waals surface area contributed by atoms with Crippen molar-refractivity contribution in [3.05, 3.63) is 42.1 Å². The number of likely N-dealkylation sites (tertiary alicyclic amines) is 1. The van der Waals surface area contributed by atoms with Crippen molar-refractivity contribution in [3.8, 4) is 22.9 Å². The van der Waals surface area contributed by atoms with Gasteiger partial charge in [0.15, 0.2) is 0 Å². The molecule has 4 heterocycles. The van der Waals surface area contributed by atoms with Gasteiger partial charge >= 0.3 is 12.1 Å². The molecule has 5 aliphatic rings. The van der Waals surface area contributed by atoms with Crippen molar-refractivity contribution in [1.82, 2.24) is 30.4 Å². The molecule has 0 bridgehead atoms. The van der Waals surface area contributed by atoms with Crippen molar-refractivity contribution >= 4 is 52.4 Å². The highest BCUT2D eigenvalue weighted by atomic mass is 35.5. The second kappa shape index (κ2) is 17.9. The lowest BCUT2D eigenvalue weighted by Gasteiger charge is -2.41. The number of carbonyl (C=O) groups is 4. The van der Waals surface area contributed by atoms with Gasteiger partial charge in [0.05, 0.1) is 31.0 Å². The number of morpholine rings is 1. The molecular weight excluding hydrogens is 858 g/mol. The molecule has 2 saturated heterocycles. The molecule has 3 aliphatic carbocycles. The number of ether oxygens (including phenoxy) is 4. The quantitative estimate of drug-likeness (QED) is 0.117. The molecule has 18 heteroatoms. The van der Waals surface area contributed by atoms with E-state index in [2.05, 4.69) is 46.3 Å². The summed E-state index contributed by atoms with van der Waals surface area (Å²) >= 11 is 7.13. The number of carboxylic acid groups (broad SMARTS) is 1. The van der Waals surface area contributed by atoms with Crippen LogP contribution in [0.25, 0.3) is 22.3 Å². The Bertz CT molecular complexity index is 2320. The number of oxazole rings is 1. The minimum atomic E-state index is -1.55. The zero-order valence-corrected chi connectivity index (χ0v) is 39.0. The third-order valence-corrected chi connectivity index (χ3v) is 13.8. The van der Waals surface area contributed by atoms with Crippen molar-refractivity contribution in [1.29, 1.82) is 0 Å². The fourth-order valence-corrected chi connectivity index (χ4v) is 9.83. The molecular formula is C47H62ClN7O10. The van der Waals surface area contributed by atoms with E-state index >= 15 is 0 Å². The Labute approximate surface area is 384 Å². The van der Waals surface area contributed by atoms with Crippen molar-refractivity contribution in [2.45, 2.75) is 122 Å². The van der Waals surface area contributed by atoms with E-state index in [1.807, 2.05) is 34.6 Å². The number of alkyl carbamates (subject to hydrolysis) is 1. The molecule has 2 aliphatic heterocycles. The number of halogens is 1. The molecule has 8 atom stereocenters. The van der Waals surface area contributed by atoms with E-state index in [4.69, 9.17) is 39.9 Å². The molecule has 0 unspecified atom stereocenters. The Morgan fingerprint density at radius 3 is 2.48 bits per heavy atom. The van der Waals surface area contributed by atoms with Crippen LogP contribution >= 0.6 is 11.6 Å². The fourth-order valence-electron chi connectivity index (χ4n) is 9.57. The van der Waals surface area contributed by atoms with E-state index in [0.717, 1.165) is 25.8 Å². The lowest BCUT2D eigenvalue weighted by molar-refractivity contribution is -0.146. The van der Waals surface area contributed by atoms with Gasteiger partial charge in [-0.2, -0.15) is 4.98 Å². The van der Waals surface area contributed by atoms with Crippen LogP contribution in [0.4, 0.5) is 10.8 Å². The average Bonchev–Trinajstić information content (AvgIpc) is 3.91. The summed E-state index contributed by atoms with van der Waals surface area (Å²) in [5.41, 5.74) is -1.36. The van der Waals surface area contributed by atoms with E-state index in [0.29, 0.717) is 78.0 Å². The second-order valence-corrected chi connectivity index (χ2v) is 20.7. The van der Waals surface area contributed by atoms with E-state index in [9.17, 15) is 24.3 Å². The number of nitrogens with zero attached hydrogens (tertiary/aromatic N) is 4. The molecule has 17 nitrogen and oxygen atoms in total. The van der Waals surface area contributed by atoms with Crippen LogP contribution in [0.1, 0.15) is 80.6 Å². The first kappa shape index (κ1) is 46.4. The molecule has 3 saturated carbocycles. The van der Waals surface area contributed by atoms with Gasteiger partial charge < -0.3 is 49.3 Å². The lowest BCUT2D eigenvalue weighted by Crippen LogP contribution is -2.59. The van der Waals surface area contributed by atoms with Crippen molar-refractivity contribution in [2.75, 3.05) is 44.8 Å². The highest BCUT2D eigenvalue weighted by Crippen LogP contribution is 2.52. The summed E-state index contributed by atoms with van der Waals surface area (Å²) in [7, 11) is 0. The highest BCUT2D eigenvalue weighted by Gasteiger charge is 2.61. The van der Waals surface area contributed by atoms with Gasteiger partial charge in [-0.3, -0.25) is 14.5 Å². The summed E-state index contributed by atoms with van der Waals surface area (Å²) in [6.07, 6.45) is 4.22. The lowest BCUT2D eigenvalue weighted by atomic mass is 9.85. The van der Waals surface area contributed by atoms with Crippen LogP contribution in [0.5, 0.6) is 11.5 Å². The molecule has 2 aromatic heterocycles. The summed E-state index contributed by atoms with van der Waals surface area (Å²) in [4.78, 5) is 68.3. The third-order valence-electron chi connectivity index (χ3n) is 13.5. The average molecular weight is 921 g/mol. The molecule has 3 amide bonds. The Hall–Kier alpha value is -5.13. The number of fused-ring (bicyclic) bond motifs is 2. The fraction of sp³-hybridized carbons (Fsp3) is 0.617. The number of nitrogens with one attached hydrogen (secondary N) is 3. The van der Waals surface area contributed by atoms with Crippen LogP contribution in [-0.2, 0) is 23.9 Å². The van der Waals surface area contributed by atoms with Gasteiger partial charge in [0.25, 0.3) is 6.01 Å². The number of pyridine rings is 1. The number of hydrogen-bond acceptors (Lipinski definition) is 13. The maximum Gasteiger partial charge on any atom is 0.408 e. The van der Waals surface area contributed by atoms with Crippen molar-refractivity contribution < 1.29 is 47.6 Å². The van der Waals surface area contributed by atoms with Gasteiger partial charge in [-0.05, 0) is 82.8 Å². The van der Waals surface area contributed by atoms with Crippen LogP contribution in [0.2, 0.25) is 5.02 Å². The van der Waals surface area contributed by atoms with E-state index in [-0.39, 0.29) is 42.1 Å². The predicted octanol–water partition coefficient (Wildman–Crippen LogP) is 6.29. The number of hydrogen-bond donors (Lipinski definition) is 4. The minimum Gasteiger partial charge on any atom is -0.491 e. The SMILES string of the molecule is C=C[C@@H]1C[C@]1(NC(=O)[C@@H]1C[C@@H](Oc2cc(-c3coc(NC(C)C)n3)nc3c(Cl)c(OCCN4CCOCC4(C)C)ccc23)CN1C(=O)[C@@H](NC(=O)O[C@@H]1C[C@@H]2C[C@@H]2C1)C(C)(C)C)C(=O)O. The summed E-state index contributed by atoms with van der Waals surface area (Å²) in [5, 5.41) is 19.7. The molecule has 1 aromatic carbocycles. The van der Waals surface area contributed by atoms with Crippen LogP contribution in [0.3, 0.4) is 0 Å². The van der Waals surface area contributed by atoms with Gasteiger partial charge in [0, 0.05) is 48.5 Å². The molecule has 4 N–H and O–H groups in total. The summed E-state index contributed by atoms with van der Waals surface area (Å²) in [6, 6.07) is 3.35. The molecule has 0 radical (unpaired) electrons. The molecule has 5 fully saturated rings. The van der Waals surface area contributed by atoms with Crippen LogP contribution in [0.15, 0.2) is 41.5 Å². The zero-order chi connectivity index (χ0) is 46.6. The van der Waals surface area contributed by atoms with E-state index in [1.54, 1.807) is 18.2 Å². The Balaban J connectivity index is 1.09. The number of rotatable bonds is 16. The first-order valence-electron chi connectivity index (χ1n) is 22.7. The largest absolute Gasteiger partial charge is 0.491 e. The number of aromatic nitrogens is 2. The predicted molar refractivity (Wildman–Crippen MR) is 242 cm³/mol. The van der Waals surface area contributed by atoms with Gasteiger partial charge in [-0.15, -0.1) is 6.58 Å². The number of aliphatic carboxylic acids is 1. The number of carboxylic acids is 1. The van der Waals surface area contributed by atoms with Gasteiger partial charge in [-0.25, -0.2) is 14.6 Å². The van der Waals surface area contributed by atoms with Gasteiger partial charge in [0.1, 0.15) is 64.9 Å². The molecule has 65 heavy (non-hydrogen) atoms. The number of carbonyl (C=O) groups excluding carboxylic acids is 3. The third kappa shape index (κ3) is 9.87. The summed E-state index contributed by atoms with van der Waals surface area (Å²) < 4.78 is 30.3. The first-order chi connectivity index (χ1) is 30.8. The minimum absolute atomic E-state index is 0.00340. The van der Waals surface area contributed by atoms with Gasteiger partial charge in [0.2, 0.25) is 11.8 Å². The smallest absolute Gasteiger partial charge is 0.408 e. The van der Waals surface area contributed by atoms with Crippen LogP contribution < -0.4 is 25.4 Å². The van der Waals surface area contributed by atoms with Gasteiger partial charge in [-0.1, -0.05) is 38.4 Å². The maximum atomic E-state index is 14.8. The maximum absolute atomic E-state index is 14.8. The summed E-state index contributed by atoms with van der Waals surface area (Å²) in [6.45, 7) is 20.4. The standard InChI is InChI=1S/C47H62ClN7O10/c1-9-28-21-47(28,42(58)59)53-40(56)34-19-30(22-55(34)41(57)39(45(4,5)6)52-44(60)65-29-17-26-16-27(26)18-29)64-36-20-32(33-23-63-43(51-33)49-25(2)3)50-38-31(36)10-11-35(37(38)48)62-15-13-54-12-14-61-24-46(54,7)8/h9-11,20,23,25-30,34,39H,1,12-19,21-22,24H2,2-8H3,(H,49,51)(H,52,60)(H,53,56)(H,58,59)/t26-,27+,28-,29+,30-,34+,39-,47-/m1/s1. The Morgan fingerprint density at radius 2 is 1.82 bits per heavy atom. The van der Waals surface area contributed by atoms with Crippen LogP contribution in [0, 0.1) is 23.2 Å².